The quantitative estimate of drug-likeness (QED) is 0.217. The zero-order chi connectivity index (χ0) is 21.2. The summed E-state index contributed by atoms with van der Waals surface area (Å²) < 4.78 is 10.8. The molecule has 2 aromatic carbocycles. The van der Waals surface area contributed by atoms with E-state index in [4.69, 9.17) is 9.47 Å². The summed E-state index contributed by atoms with van der Waals surface area (Å²) in [7, 11) is 3.47. The van der Waals surface area contributed by atoms with Gasteiger partial charge in [0.2, 0.25) is 0 Å². The molecule has 3 rings (SSSR count). The number of alkyl halides is 1. The summed E-state index contributed by atoms with van der Waals surface area (Å²) in [5, 5.41) is 1.14. The zero-order valence-electron chi connectivity index (χ0n) is 18.5. The van der Waals surface area contributed by atoms with Gasteiger partial charge in [0.05, 0.1) is 14.2 Å². The first-order valence-electron chi connectivity index (χ1n) is 11.4. The first kappa shape index (κ1) is 22.9. The van der Waals surface area contributed by atoms with Crippen molar-refractivity contribution in [2.75, 3.05) is 19.5 Å². The van der Waals surface area contributed by atoms with Gasteiger partial charge in [-0.25, -0.2) is 0 Å². The van der Waals surface area contributed by atoms with E-state index in [1.165, 1.54) is 79.2 Å². The fourth-order valence-electron chi connectivity index (χ4n) is 4.41. The molecular weight excluding hydrogens is 436 g/mol. The minimum absolute atomic E-state index is 0.911. The summed E-state index contributed by atoms with van der Waals surface area (Å²) in [6, 6.07) is 15.1. The van der Waals surface area contributed by atoms with Crippen molar-refractivity contribution >= 4 is 27.1 Å². The Morgan fingerprint density at radius 2 is 1.33 bits per heavy atom. The van der Waals surface area contributed by atoms with Crippen LogP contribution >= 0.6 is 15.9 Å². The predicted octanol–water partition coefficient (Wildman–Crippen LogP) is 8.08. The molecule has 162 valence electrons. The lowest BCUT2D eigenvalue weighted by atomic mass is 9.95. The third kappa shape index (κ3) is 6.14. The van der Waals surface area contributed by atoms with Crippen molar-refractivity contribution < 1.29 is 9.47 Å². The first-order chi connectivity index (χ1) is 14.8. The van der Waals surface area contributed by atoms with Crippen molar-refractivity contribution in [2.24, 2.45) is 0 Å². The number of ether oxygens (including phenoxy) is 2. The molecule has 1 aliphatic carbocycles. The Hall–Kier alpha value is -1.74. The van der Waals surface area contributed by atoms with Crippen LogP contribution in [0.5, 0.6) is 11.5 Å². The van der Waals surface area contributed by atoms with Crippen molar-refractivity contribution in [1.29, 1.82) is 0 Å². The maximum absolute atomic E-state index is 5.47. The van der Waals surface area contributed by atoms with Crippen LogP contribution in [0, 0.1) is 0 Å². The molecule has 0 N–H and O–H groups in total. The molecule has 0 aliphatic heterocycles. The maximum atomic E-state index is 5.47. The van der Waals surface area contributed by atoms with Gasteiger partial charge in [-0.3, -0.25) is 0 Å². The molecule has 0 aromatic heterocycles. The lowest BCUT2D eigenvalue weighted by Crippen LogP contribution is -1.89. The maximum Gasteiger partial charge on any atom is 0.119 e. The topological polar surface area (TPSA) is 18.5 Å². The van der Waals surface area contributed by atoms with E-state index >= 15 is 0 Å². The van der Waals surface area contributed by atoms with Gasteiger partial charge in [0.25, 0.3) is 0 Å². The number of allylic oxidation sites excluding steroid dienone is 2. The van der Waals surface area contributed by atoms with Crippen LogP contribution in [0.2, 0.25) is 0 Å². The summed E-state index contributed by atoms with van der Waals surface area (Å²) in [6.45, 7) is 0. The summed E-state index contributed by atoms with van der Waals surface area (Å²) in [6.07, 6.45) is 12.9. The Morgan fingerprint density at radius 1 is 0.733 bits per heavy atom. The largest absolute Gasteiger partial charge is 0.497 e. The lowest BCUT2D eigenvalue weighted by molar-refractivity contribution is 0.414. The van der Waals surface area contributed by atoms with Gasteiger partial charge in [0, 0.05) is 5.33 Å². The summed E-state index contributed by atoms with van der Waals surface area (Å²) in [4.78, 5) is 0. The van der Waals surface area contributed by atoms with Crippen LogP contribution in [-0.2, 0) is 6.42 Å². The van der Waals surface area contributed by atoms with Gasteiger partial charge in [0.15, 0.2) is 0 Å². The average molecular weight is 471 g/mol. The summed E-state index contributed by atoms with van der Waals surface area (Å²) in [5.74, 6) is 1.86. The molecular formula is C27H35BrO2. The molecule has 0 fully saturated rings. The molecule has 2 nitrogen and oxygen atoms in total. The van der Waals surface area contributed by atoms with Crippen molar-refractivity contribution in [2.45, 2.75) is 64.2 Å². The molecule has 1 aliphatic rings. The number of unbranched alkanes of at least 4 members (excludes halogenated alkanes) is 7. The van der Waals surface area contributed by atoms with Crippen molar-refractivity contribution in [1.82, 2.24) is 0 Å². The molecule has 0 saturated heterocycles. The Morgan fingerprint density at radius 3 is 1.97 bits per heavy atom. The van der Waals surface area contributed by atoms with E-state index in [0.717, 1.165) is 29.7 Å². The second kappa shape index (κ2) is 12.2. The van der Waals surface area contributed by atoms with Crippen LogP contribution in [0.25, 0.3) is 11.1 Å². The van der Waals surface area contributed by atoms with E-state index in [2.05, 4.69) is 58.4 Å². The predicted molar refractivity (Wildman–Crippen MR) is 132 cm³/mol. The number of methoxy groups -OCH3 is 2. The molecule has 0 saturated carbocycles. The van der Waals surface area contributed by atoms with Gasteiger partial charge in [-0.15, -0.1) is 0 Å². The van der Waals surface area contributed by atoms with E-state index in [1.807, 2.05) is 0 Å². The highest BCUT2D eigenvalue weighted by Crippen LogP contribution is 2.42. The number of hydrogen-bond donors (Lipinski definition) is 0. The van der Waals surface area contributed by atoms with E-state index in [-0.39, 0.29) is 0 Å². The van der Waals surface area contributed by atoms with E-state index in [1.54, 1.807) is 14.2 Å². The van der Waals surface area contributed by atoms with E-state index in [0.29, 0.717) is 0 Å². The van der Waals surface area contributed by atoms with Crippen molar-refractivity contribution in [3.63, 3.8) is 0 Å². The average Bonchev–Trinajstić information content (AvgIpc) is 3.15. The van der Waals surface area contributed by atoms with E-state index in [9.17, 15) is 0 Å². The van der Waals surface area contributed by atoms with Crippen molar-refractivity contribution in [3.8, 4) is 11.5 Å². The fourth-order valence-corrected chi connectivity index (χ4v) is 4.80. The van der Waals surface area contributed by atoms with E-state index < -0.39 is 0 Å². The molecule has 0 radical (unpaired) electrons. The van der Waals surface area contributed by atoms with Gasteiger partial charge in [-0.2, -0.15) is 0 Å². The lowest BCUT2D eigenvalue weighted by Gasteiger charge is -2.10. The number of hydrogen-bond acceptors (Lipinski definition) is 2. The zero-order valence-corrected chi connectivity index (χ0v) is 20.1. The van der Waals surface area contributed by atoms with Gasteiger partial charge < -0.3 is 9.47 Å². The number of benzene rings is 2. The highest BCUT2D eigenvalue weighted by atomic mass is 79.9. The summed E-state index contributed by atoms with van der Waals surface area (Å²) in [5.41, 5.74) is 7.11. The third-order valence-corrected chi connectivity index (χ3v) is 6.68. The Bertz CT molecular complexity index is 823. The first-order valence-corrected chi connectivity index (χ1v) is 12.5. The molecule has 0 unspecified atom stereocenters. The molecule has 0 amide bonds. The van der Waals surface area contributed by atoms with Crippen LogP contribution in [0.3, 0.4) is 0 Å². The number of halogens is 1. The normalized spacial score (nSPS) is 12.9. The number of rotatable bonds is 13. The Labute approximate surface area is 190 Å². The van der Waals surface area contributed by atoms with Gasteiger partial charge >= 0.3 is 0 Å². The highest BCUT2D eigenvalue weighted by molar-refractivity contribution is 9.09. The van der Waals surface area contributed by atoms with Crippen LogP contribution in [0.4, 0.5) is 0 Å². The smallest absolute Gasteiger partial charge is 0.119 e. The standard InChI is InChI=1S/C27H35BrO2/c1-29-23-14-12-21(13-15-23)27-20-22-19-24(30-2)16-17-25(22)26(27)11-9-7-5-3-4-6-8-10-18-28/h12-17,19H,3-11,18,20H2,1-2H3. The van der Waals surface area contributed by atoms with Gasteiger partial charge in [-0.05, 0) is 77.8 Å². The highest BCUT2D eigenvalue weighted by Gasteiger charge is 2.22. The second-order valence-corrected chi connectivity index (χ2v) is 8.95. The molecule has 0 bridgehead atoms. The molecule has 2 aromatic rings. The minimum atomic E-state index is 0.911. The Kier molecular flexibility index (Phi) is 9.32. The monoisotopic (exact) mass is 470 g/mol. The second-order valence-electron chi connectivity index (χ2n) is 8.15. The summed E-state index contributed by atoms with van der Waals surface area (Å²) >= 11 is 3.52. The van der Waals surface area contributed by atoms with Crippen LogP contribution in [0.1, 0.15) is 74.5 Å². The molecule has 0 spiro atoms. The van der Waals surface area contributed by atoms with Gasteiger partial charge in [0.1, 0.15) is 11.5 Å². The Balaban J connectivity index is 1.63. The SMILES string of the molecule is COc1ccc(C2=C(CCCCCCCCCCBr)c3ccc(OC)cc3C2)cc1. The molecule has 3 heteroatoms. The van der Waals surface area contributed by atoms with Gasteiger partial charge in [-0.1, -0.05) is 72.7 Å². The number of fused-ring (bicyclic) bond motifs is 1. The minimum Gasteiger partial charge on any atom is -0.497 e. The van der Waals surface area contributed by atoms with Crippen LogP contribution in [-0.4, -0.2) is 19.5 Å². The van der Waals surface area contributed by atoms with Crippen LogP contribution in [0.15, 0.2) is 42.5 Å². The fraction of sp³-hybridized carbons (Fsp3) is 0.481. The van der Waals surface area contributed by atoms with Crippen molar-refractivity contribution in [3.05, 3.63) is 59.2 Å². The molecule has 30 heavy (non-hydrogen) atoms. The third-order valence-electron chi connectivity index (χ3n) is 6.12. The molecule has 0 heterocycles. The molecule has 0 atom stereocenters. The van der Waals surface area contributed by atoms with Crippen LogP contribution < -0.4 is 9.47 Å².